The van der Waals surface area contributed by atoms with Gasteiger partial charge in [-0.05, 0) is 44.4 Å². The summed E-state index contributed by atoms with van der Waals surface area (Å²) in [6, 6.07) is 3.65. The fourth-order valence-corrected chi connectivity index (χ4v) is 4.73. The lowest BCUT2D eigenvalue weighted by Crippen LogP contribution is -2.30. The minimum Gasteiger partial charge on any atom is -0.490 e. The van der Waals surface area contributed by atoms with Gasteiger partial charge in [0, 0.05) is 42.7 Å². The van der Waals surface area contributed by atoms with Crippen molar-refractivity contribution in [1.29, 1.82) is 0 Å². The molecule has 1 heterocycles. The van der Waals surface area contributed by atoms with Crippen molar-refractivity contribution in [2.45, 2.75) is 58.3 Å². The lowest BCUT2D eigenvalue weighted by atomic mass is 9.73. The van der Waals surface area contributed by atoms with Gasteiger partial charge in [-0.1, -0.05) is 11.6 Å². The van der Waals surface area contributed by atoms with Gasteiger partial charge in [-0.2, -0.15) is 0 Å². The molecular formula is C23H25ClO5. The summed E-state index contributed by atoms with van der Waals surface area (Å²) in [6.07, 6.45) is 3.92. The molecule has 1 aromatic rings. The Morgan fingerprint density at radius 2 is 1.52 bits per heavy atom. The number of hydrogen-bond acceptors (Lipinski definition) is 5. The van der Waals surface area contributed by atoms with Gasteiger partial charge < -0.3 is 14.2 Å². The quantitative estimate of drug-likeness (QED) is 0.654. The molecule has 0 bridgehead atoms. The van der Waals surface area contributed by atoms with Crippen LogP contribution in [-0.2, 0) is 14.3 Å². The first-order valence-corrected chi connectivity index (χ1v) is 10.7. The Bertz CT molecular complexity index is 885. The first-order chi connectivity index (χ1) is 14.0. The van der Waals surface area contributed by atoms with Crippen LogP contribution in [0.3, 0.4) is 0 Å². The average molecular weight is 417 g/mol. The van der Waals surface area contributed by atoms with Crippen LogP contribution < -0.4 is 9.47 Å². The summed E-state index contributed by atoms with van der Waals surface area (Å²) in [6.45, 7) is 4.68. The summed E-state index contributed by atoms with van der Waals surface area (Å²) in [5, 5.41) is 0.412. The Hall–Kier alpha value is -2.27. The molecule has 0 spiro atoms. The number of halogens is 1. The largest absolute Gasteiger partial charge is 0.490 e. The van der Waals surface area contributed by atoms with E-state index < -0.39 is 5.92 Å². The molecule has 29 heavy (non-hydrogen) atoms. The van der Waals surface area contributed by atoms with Gasteiger partial charge in [-0.3, -0.25) is 9.59 Å². The second-order valence-electron chi connectivity index (χ2n) is 7.46. The fraction of sp³-hybridized carbons (Fsp3) is 0.478. The first-order valence-electron chi connectivity index (χ1n) is 10.3. The predicted octanol–water partition coefficient (Wildman–Crippen LogP) is 5.27. The summed E-state index contributed by atoms with van der Waals surface area (Å²) in [4.78, 5) is 25.8. The van der Waals surface area contributed by atoms with Crippen molar-refractivity contribution in [2.75, 3.05) is 13.2 Å². The van der Waals surface area contributed by atoms with Gasteiger partial charge in [-0.25, -0.2) is 0 Å². The van der Waals surface area contributed by atoms with E-state index in [2.05, 4.69) is 0 Å². The van der Waals surface area contributed by atoms with Crippen molar-refractivity contribution < 1.29 is 23.8 Å². The SMILES string of the molecule is CCOc1cc(C2C3=C(CCCC3=O)OC3=C2C(=O)CCC3)cc(Cl)c1OCC. The molecule has 1 aliphatic heterocycles. The van der Waals surface area contributed by atoms with E-state index in [1.54, 1.807) is 6.07 Å². The highest BCUT2D eigenvalue weighted by Gasteiger charge is 2.42. The minimum atomic E-state index is -0.457. The second-order valence-corrected chi connectivity index (χ2v) is 7.87. The molecule has 0 amide bonds. The monoisotopic (exact) mass is 416 g/mol. The van der Waals surface area contributed by atoms with Gasteiger partial charge in [0.05, 0.1) is 18.2 Å². The van der Waals surface area contributed by atoms with E-state index >= 15 is 0 Å². The van der Waals surface area contributed by atoms with Crippen molar-refractivity contribution in [2.24, 2.45) is 0 Å². The van der Waals surface area contributed by atoms with E-state index in [0.717, 1.165) is 18.4 Å². The normalized spacial score (nSPS) is 19.7. The molecule has 4 rings (SSSR count). The molecule has 0 unspecified atom stereocenters. The number of Topliss-reactive ketones (excluding diaryl/α,β-unsaturated/α-hetero) is 2. The molecule has 6 heteroatoms. The van der Waals surface area contributed by atoms with Gasteiger partial charge in [0.2, 0.25) is 0 Å². The van der Waals surface area contributed by atoms with Crippen LogP contribution in [0.15, 0.2) is 34.8 Å². The second kappa shape index (κ2) is 8.23. The lowest BCUT2D eigenvalue weighted by molar-refractivity contribution is -0.117. The number of ketones is 2. The molecule has 0 fully saturated rings. The molecule has 0 atom stereocenters. The van der Waals surface area contributed by atoms with Crippen LogP contribution in [0.4, 0.5) is 0 Å². The fourth-order valence-electron chi connectivity index (χ4n) is 4.45. The van der Waals surface area contributed by atoms with E-state index in [4.69, 9.17) is 25.8 Å². The molecule has 1 aromatic carbocycles. The third-order valence-corrected chi connectivity index (χ3v) is 5.88. The van der Waals surface area contributed by atoms with Crippen LogP contribution in [0.2, 0.25) is 5.02 Å². The topological polar surface area (TPSA) is 61.8 Å². The molecular weight excluding hydrogens is 392 g/mol. The molecule has 0 radical (unpaired) electrons. The molecule has 154 valence electrons. The molecule has 5 nitrogen and oxygen atoms in total. The maximum Gasteiger partial charge on any atom is 0.179 e. The van der Waals surface area contributed by atoms with E-state index in [1.165, 1.54) is 0 Å². The zero-order valence-corrected chi connectivity index (χ0v) is 17.6. The van der Waals surface area contributed by atoms with E-state index in [-0.39, 0.29) is 11.6 Å². The van der Waals surface area contributed by atoms with Crippen molar-refractivity contribution in [3.63, 3.8) is 0 Å². The van der Waals surface area contributed by atoms with Crippen LogP contribution in [0, 0.1) is 0 Å². The van der Waals surface area contributed by atoms with Crippen molar-refractivity contribution in [3.05, 3.63) is 45.4 Å². The van der Waals surface area contributed by atoms with E-state index in [9.17, 15) is 9.59 Å². The molecule has 3 aliphatic rings. The van der Waals surface area contributed by atoms with Crippen molar-refractivity contribution in [1.82, 2.24) is 0 Å². The zero-order chi connectivity index (χ0) is 20.5. The number of carbonyl (C=O) groups excluding carboxylic acids is 2. The Morgan fingerprint density at radius 1 is 0.931 bits per heavy atom. The molecule has 0 saturated heterocycles. The van der Waals surface area contributed by atoms with E-state index in [1.807, 2.05) is 19.9 Å². The summed E-state index contributed by atoms with van der Waals surface area (Å²) in [5.74, 6) is 2.07. The van der Waals surface area contributed by atoms with Crippen molar-refractivity contribution in [3.8, 4) is 11.5 Å². The number of rotatable bonds is 5. The van der Waals surface area contributed by atoms with Crippen molar-refractivity contribution >= 4 is 23.2 Å². The molecule has 0 N–H and O–H groups in total. The number of hydrogen-bond donors (Lipinski definition) is 0. The molecule has 0 aromatic heterocycles. The summed E-state index contributed by atoms with van der Waals surface area (Å²) >= 11 is 6.55. The molecule has 0 saturated carbocycles. The van der Waals surface area contributed by atoms with Gasteiger partial charge in [0.15, 0.2) is 23.1 Å². The number of ether oxygens (including phenoxy) is 3. The third-order valence-electron chi connectivity index (χ3n) is 5.59. The highest BCUT2D eigenvalue weighted by Crippen LogP contribution is 2.50. The highest BCUT2D eigenvalue weighted by molar-refractivity contribution is 6.32. The van der Waals surface area contributed by atoms with Gasteiger partial charge in [0.25, 0.3) is 0 Å². The minimum absolute atomic E-state index is 0.0455. The van der Waals surface area contributed by atoms with Crippen LogP contribution in [0.25, 0.3) is 0 Å². The smallest absolute Gasteiger partial charge is 0.179 e. The van der Waals surface area contributed by atoms with Gasteiger partial charge in [0.1, 0.15) is 11.5 Å². The number of carbonyl (C=O) groups is 2. The Morgan fingerprint density at radius 3 is 2.07 bits per heavy atom. The third kappa shape index (κ3) is 3.57. The number of allylic oxidation sites excluding steroid dienone is 4. The Labute approximate surface area is 175 Å². The van der Waals surface area contributed by atoms with Crippen LogP contribution >= 0.6 is 11.6 Å². The van der Waals surface area contributed by atoms with Crippen LogP contribution in [0.5, 0.6) is 11.5 Å². The maximum atomic E-state index is 12.9. The highest BCUT2D eigenvalue weighted by atomic mass is 35.5. The van der Waals surface area contributed by atoms with Crippen LogP contribution in [0.1, 0.15) is 63.9 Å². The standard InChI is InChI=1S/C23H25ClO5/c1-3-27-19-12-13(11-14(24)23(19)28-4-2)20-21-15(25)7-5-9-17(21)29-18-10-6-8-16(26)22(18)20/h11-12,20H,3-10H2,1-2H3. The zero-order valence-electron chi connectivity index (χ0n) is 16.8. The lowest BCUT2D eigenvalue weighted by Gasteiger charge is -2.36. The van der Waals surface area contributed by atoms with Gasteiger partial charge >= 0.3 is 0 Å². The van der Waals surface area contributed by atoms with E-state index in [0.29, 0.717) is 78.1 Å². The number of benzene rings is 1. The van der Waals surface area contributed by atoms with Crippen LogP contribution in [-0.4, -0.2) is 24.8 Å². The summed E-state index contributed by atoms with van der Waals surface area (Å²) < 4.78 is 17.5. The maximum absolute atomic E-state index is 12.9. The Kier molecular flexibility index (Phi) is 5.68. The summed E-state index contributed by atoms with van der Waals surface area (Å²) in [5.41, 5.74) is 1.98. The van der Waals surface area contributed by atoms with Gasteiger partial charge in [-0.15, -0.1) is 0 Å². The molecule has 2 aliphatic carbocycles. The predicted molar refractivity (Wildman–Crippen MR) is 109 cm³/mol. The first kappa shape index (κ1) is 20.0. The average Bonchev–Trinajstić information content (AvgIpc) is 2.69. The summed E-state index contributed by atoms with van der Waals surface area (Å²) in [7, 11) is 0. The Balaban J connectivity index is 1.90.